The first-order valence-corrected chi connectivity index (χ1v) is 5.90. The van der Waals surface area contributed by atoms with Crippen molar-refractivity contribution < 1.29 is 4.74 Å². The molecule has 0 unspecified atom stereocenters. The number of aromatic nitrogens is 2. The fourth-order valence-corrected chi connectivity index (χ4v) is 1.29. The van der Waals surface area contributed by atoms with E-state index in [0.717, 1.165) is 18.2 Å². The molecule has 1 heterocycles. The summed E-state index contributed by atoms with van der Waals surface area (Å²) in [7, 11) is 0. The van der Waals surface area contributed by atoms with Crippen LogP contribution in [0.1, 0.15) is 33.5 Å². The van der Waals surface area contributed by atoms with Crippen LogP contribution in [0.25, 0.3) is 0 Å². The zero-order valence-corrected chi connectivity index (χ0v) is 11.1. The fourth-order valence-electron chi connectivity index (χ4n) is 1.29. The predicted molar refractivity (Wildman–Crippen MR) is 70.1 cm³/mol. The lowest BCUT2D eigenvalue weighted by atomic mass is 9.96. The van der Waals surface area contributed by atoms with E-state index in [-0.39, 0.29) is 5.41 Å². The summed E-state index contributed by atoms with van der Waals surface area (Å²) in [4.78, 5) is 8.69. The number of nitrogens with one attached hydrogen (secondary N) is 1. The molecule has 0 fully saturated rings. The summed E-state index contributed by atoms with van der Waals surface area (Å²) in [6.45, 7) is 10.3. The third kappa shape index (κ3) is 4.56. The lowest BCUT2D eigenvalue weighted by Gasteiger charge is -2.18. The van der Waals surface area contributed by atoms with Crippen LogP contribution >= 0.6 is 0 Å². The third-order valence-electron chi connectivity index (χ3n) is 2.17. The van der Waals surface area contributed by atoms with Gasteiger partial charge in [-0.15, -0.1) is 0 Å². The van der Waals surface area contributed by atoms with E-state index in [2.05, 4.69) is 36.1 Å². The Bertz CT molecular complexity index is 360. The van der Waals surface area contributed by atoms with Crippen LogP contribution in [0.4, 0.5) is 11.6 Å². The van der Waals surface area contributed by atoms with Crippen LogP contribution in [0, 0.1) is 0 Å². The van der Waals surface area contributed by atoms with Crippen molar-refractivity contribution in [1.82, 2.24) is 9.97 Å². The first-order valence-electron chi connectivity index (χ1n) is 5.90. The molecular formula is C12H22N4O. The van der Waals surface area contributed by atoms with Gasteiger partial charge in [0, 0.05) is 24.6 Å². The molecule has 0 spiro atoms. The molecule has 0 aliphatic carbocycles. The number of nitrogens with two attached hydrogens (primary N) is 1. The highest BCUT2D eigenvalue weighted by Crippen LogP contribution is 2.20. The van der Waals surface area contributed by atoms with Gasteiger partial charge in [-0.2, -0.15) is 0 Å². The Morgan fingerprint density at radius 2 is 2.06 bits per heavy atom. The predicted octanol–water partition coefficient (Wildman–Crippen LogP) is 1.80. The van der Waals surface area contributed by atoms with Crippen molar-refractivity contribution >= 4 is 11.6 Å². The molecule has 0 aliphatic heterocycles. The van der Waals surface area contributed by atoms with Gasteiger partial charge in [-0.3, -0.25) is 0 Å². The van der Waals surface area contributed by atoms with Crippen molar-refractivity contribution in [3.8, 4) is 0 Å². The van der Waals surface area contributed by atoms with E-state index in [4.69, 9.17) is 10.5 Å². The molecule has 0 radical (unpaired) electrons. The van der Waals surface area contributed by atoms with Crippen molar-refractivity contribution in [2.75, 3.05) is 30.8 Å². The average molecular weight is 238 g/mol. The van der Waals surface area contributed by atoms with E-state index < -0.39 is 0 Å². The lowest BCUT2D eigenvalue weighted by Crippen LogP contribution is -2.19. The van der Waals surface area contributed by atoms with Crippen LogP contribution in [-0.2, 0) is 10.2 Å². The quantitative estimate of drug-likeness (QED) is 0.765. The molecule has 0 saturated carbocycles. The second-order valence-corrected chi connectivity index (χ2v) is 4.88. The number of hydrogen-bond donors (Lipinski definition) is 2. The van der Waals surface area contributed by atoms with E-state index >= 15 is 0 Å². The Balaban J connectivity index is 2.69. The first kappa shape index (κ1) is 13.7. The molecule has 17 heavy (non-hydrogen) atoms. The van der Waals surface area contributed by atoms with Gasteiger partial charge in [-0.25, -0.2) is 9.97 Å². The molecule has 0 amide bonds. The summed E-state index contributed by atoms with van der Waals surface area (Å²) >= 11 is 0. The molecule has 96 valence electrons. The van der Waals surface area contributed by atoms with Gasteiger partial charge >= 0.3 is 0 Å². The van der Waals surface area contributed by atoms with E-state index in [1.807, 2.05) is 6.92 Å². The van der Waals surface area contributed by atoms with Crippen LogP contribution in [-0.4, -0.2) is 29.7 Å². The third-order valence-corrected chi connectivity index (χ3v) is 2.17. The highest BCUT2D eigenvalue weighted by atomic mass is 16.5. The summed E-state index contributed by atoms with van der Waals surface area (Å²) < 4.78 is 5.25. The van der Waals surface area contributed by atoms with Crippen LogP contribution in [0.3, 0.4) is 0 Å². The molecule has 0 saturated heterocycles. The number of nitrogens with zero attached hydrogens (tertiary/aromatic N) is 2. The normalized spacial score (nSPS) is 11.5. The molecule has 0 atom stereocenters. The maximum Gasteiger partial charge on any atom is 0.138 e. The SMILES string of the molecule is CCOCCNc1cc(N)nc(C(C)(C)C)n1. The van der Waals surface area contributed by atoms with Crippen molar-refractivity contribution in [3.05, 3.63) is 11.9 Å². The minimum Gasteiger partial charge on any atom is -0.384 e. The molecule has 5 nitrogen and oxygen atoms in total. The maximum atomic E-state index is 5.76. The van der Waals surface area contributed by atoms with Gasteiger partial charge in [0.05, 0.1) is 6.61 Å². The zero-order chi connectivity index (χ0) is 12.9. The van der Waals surface area contributed by atoms with Crippen LogP contribution < -0.4 is 11.1 Å². The highest BCUT2D eigenvalue weighted by molar-refractivity contribution is 5.45. The van der Waals surface area contributed by atoms with Crippen molar-refractivity contribution in [2.45, 2.75) is 33.1 Å². The second-order valence-electron chi connectivity index (χ2n) is 4.88. The fraction of sp³-hybridized carbons (Fsp3) is 0.667. The summed E-state index contributed by atoms with van der Waals surface area (Å²) in [6.07, 6.45) is 0. The van der Waals surface area contributed by atoms with Gasteiger partial charge in [-0.1, -0.05) is 20.8 Å². The van der Waals surface area contributed by atoms with Gasteiger partial charge in [0.1, 0.15) is 17.5 Å². The van der Waals surface area contributed by atoms with Gasteiger partial charge < -0.3 is 15.8 Å². The van der Waals surface area contributed by atoms with Crippen LogP contribution in [0.5, 0.6) is 0 Å². The molecule has 1 rings (SSSR count). The summed E-state index contributed by atoms with van der Waals surface area (Å²) in [5, 5.41) is 3.18. The second kappa shape index (κ2) is 5.82. The van der Waals surface area contributed by atoms with Gasteiger partial charge in [-0.05, 0) is 6.92 Å². The molecular weight excluding hydrogens is 216 g/mol. The minimum atomic E-state index is -0.105. The Hall–Kier alpha value is -1.36. The first-order chi connectivity index (χ1) is 7.93. The smallest absolute Gasteiger partial charge is 0.138 e. The van der Waals surface area contributed by atoms with Crippen molar-refractivity contribution in [1.29, 1.82) is 0 Å². The molecule has 0 bridgehead atoms. The summed E-state index contributed by atoms with van der Waals surface area (Å²) in [5.41, 5.74) is 5.66. The number of rotatable bonds is 5. The Labute approximate surface area is 103 Å². The monoisotopic (exact) mass is 238 g/mol. The van der Waals surface area contributed by atoms with Crippen LogP contribution in [0.2, 0.25) is 0 Å². The molecule has 1 aromatic heterocycles. The van der Waals surface area contributed by atoms with E-state index in [9.17, 15) is 0 Å². The number of anilines is 2. The number of nitrogen functional groups attached to an aromatic ring is 1. The number of ether oxygens (including phenoxy) is 1. The Morgan fingerprint density at radius 1 is 1.35 bits per heavy atom. The zero-order valence-electron chi connectivity index (χ0n) is 11.1. The largest absolute Gasteiger partial charge is 0.384 e. The number of hydrogen-bond acceptors (Lipinski definition) is 5. The van der Waals surface area contributed by atoms with E-state index in [1.165, 1.54) is 0 Å². The topological polar surface area (TPSA) is 73.1 Å². The molecule has 0 aromatic carbocycles. The minimum absolute atomic E-state index is 0.105. The Kier molecular flexibility index (Phi) is 4.69. The lowest BCUT2D eigenvalue weighted by molar-refractivity contribution is 0.158. The van der Waals surface area contributed by atoms with Crippen molar-refractivity contribution in [2.24, 2.45) is 0 Å². The molecule has 3 N–H and O–H groups in total. The summed E-state index contributed by atoms with van der Waals surface area (Å²) in [6, 6.07) is 1.74. The van der Waals surface area contributed by atoms with E-state index in [1.54, 1.807) is 6.07 Å². The van der Waals surface area contributed by atoms with Gasteiger partial charge in [0.2, 0.25) is 0 Å². The standard InChI is InChI=1S/C12H22N4O/c1-5-17-7-6-14-10-8-9(13)15-11(16-10)12(2,3)4/h8H,5-7H2,1-4H3,(H3,13,14,15,16). The molecule has 0 aliphatic rings. The summed E-state index contributed by atoms with van der Waals surface area (Å²) in [5.74, 6) is 1.99. The Morgan fingerprint density at radius 3 is 2.65 bits per heavy atom. The highest BCUT2D eigenvalue weighted by Gasteiger charge is 2.18. The molecule has 5 heteroatoms. The maximum absolute atomic E-state index is 5.76. The van der Waals surface area contributed by atoms with Gasteiger partial charge in [0.25, 0.3) is 0 Å². The van der Waals surface area contributed by atoms with Gasteiger partial charge in [0.15, 0.2) is 0 Å². The molecule has 1 aromatic rings. The van der Waals surface area contributed by atoms with E-state index in [0.29, 0.717) is 19.0 Å². The van der Waals surface area contributed by atoms with Crippen molar-refractivity contribution in [3.63, 3.8) is 0 Å². The van der Waals surface area contributed by atoms with Crippen LogP contribution in [0.15, 0.2) is 6.07 Å². The average Bonchev–Trinajstić information content (AvgIpc) is 2.22.